The molecule has 2 aromatic rings. The Balaban J connectivity index is 1.64. The van der Waals surface area contributed by atoms with E-state index in [1.54, 1.807) is 36.1 Å². The zero-order valence-electron chi connectivity index (χ0n) is 14.1. The number of rotatable bonds is 3. The van der Waals surface area contributed by atoms with Gasteiger partial charge in [0.1, 0.15) is 11.6 Å². The maximum absolute atomic E-state index is 14.1. The Bertz CT molecular complexity index is 753. The molecular formula is C20H21F2NO2. The lowest BCUT2D eigenvalue weighted by molar-refractivity contribution is 0.0459. The number of hydrogen-bond acceptors (Lipinski definition) is 2. The lowest BCUT2D eigenvalue weighted by Crippen LogP contribution is -2.40. The van der Waals surface area contributed by atoms with Gasteiger partial charge < -0.3 is 10.0 Å². The normalized spacial score (nSPS) is 16.7. The summed E-state index contributed by atoms with van der Waals surface area (Å²) in [6.07, 6.45) is 0.559. The molecule has 0 radical (unpaired) electrons. The molecule has 5 heteroatoms. The third-order valence-electron chi connectivity index (χ3n) is 4.91. The molecule has 1 aliphatic heterocycles. The molecule has 0 aliphatic carbocycles. The van der Waals surface area contributed by atoms with Gasteiger partial charge in [-0.25, -0.2) is 8.78 Å². The van der Waals surface area contributed by atoms with E-state index in [1.807, 2.05) is 0 Å². The Morgan fingerprint density at radius 2 is 1.76 bits per heavy atom. The SMILES string of the molecule is Cc1cccc(C(=O)N2CCC(C(O)c3ccc(F)cc3)CC2)c1F. The van der Waals surface area contributed by atoms with Gasteiger partial charge in [-0.3, -0.25) is 4.79 Å². The summed E-state index contributed by atoms with van der Waals surface area (Å²) in [6, 6.07) is 10.6. The monoisotopic (exact) mass is 345 g/mol. The van der Waals surface area contributed by atoms with Crippen LogP contribution in [0.15, 0.2) is 42.5 Å². The van der Waals surface area contributed by atoms with E-state index < -0.39 is 11.9 Å². The first kappa shape index (κ1) is 17.5. The lowest BCUT2D eigenvalue weighted by atomic mass is 9.87. The van der Waals surface area contributed by atoms with Crippen molar-refractivity contribution in [3.05, 3.63) is 70.8 Å². The summed E-state index contributed by atoms with van der Waals surface area (Å²) in [4.78, 5) is 14.2. The van der Waals surface area contributed by atoms with Crippen LogP contribution < -0.4 is 0 Å². The predicted octanol–water partition coefficient (Wildman–Crippen LogP) is 3.86. The molecule has 0 bridgehead atoms. The fourth-order valence-corrected chi connectivity index (χ4v) is 3.33. The van der Waals surface area contributed by atoms with Crippen LogP contribution in [0.25, 0.3) is 0 Å². The zero-order valence-corrected chi connectivity index (χ0v) is 14.1. The first-order valence-corrected chi connectivity index (χ1v) is 8.45. The molecule has 1 fully saturated rings. The Morgan fingerprint density at radius 1 is 1.12 bits per heavy atom. The first-order chi connectivity index (χ1) is 12.0. The minimum Gasteiger partial charge on any atom is -0.388 e. The number of benzene rings is 2. The average Bonchev–Trinajstić information content (AvgIpc) is 2.64. The molecule has 1 N–H and O–H groups in total. The molecule has 1 amide bonds. The van der Waals surface area contributed by atoms with Gasteiger partial charge >= 0.3 is 0 Å². The zero-order chi connectivity index (χ0) is 18.0. The highest BCUT2D eigenvalue weighted by atomic mass is 19.1. The van der Waals surface area contributed by atoms with E-state index in [9.17, 15) is 18.7 Å². The Morgan fingerprint density at radius 3 is 2.40 bits per heavy atom. The molecule has 1 heterocycles. The van der Waals surface area contributed by atoms with E-state index in [0.29, 0.717) is 37.1 Å². The number of piperidine rings is 1. The van der Waals surface area contributed by atoms with Crippen LogP contribution in [-0.4, -0.2) is 29.0 Å². The van der Waals surface area contributed by atoms with Crippen LogP contribution in [-0.2, 0) is 0 Å². The fourth-order valence-electron chi connectivity index (χ4n) is 3.33. The molecule has 3 rings (SSSR count). The molecule has 1 saturated heterocycles. The van der Waals surface area contributed by atoms with Crippen LogP contribution in [0.3, 0.4) is 0 Å². The minimum atomic E-state index is -0.687. The minimum absolute atomic E-state index is 0.00290. The van der Waals surface area contributed by atoms with E-state index in [1.165, 1.54) is 18.2 Å². The maximum Gasteiger partial charge on any atom is 0.256 e. The molecule has 1 unspecified atom stereocenters. The van der Waals surface area contributed by atoms with E-state index in [2.05, 4.69) is 0 Å². The van der Waals surface area contributed by atoms with E-state index in [0.717, 1.165) is 0 Å². The first-order valence-electron chi connectivity index (χ1n) is 8.45. The van der Waals surface area contributed by atoms with Crippen molar-refractivity contribution in [2.75, 3.05) is 13.1 Å². The van der Waals surface area contributed by atoms with Crippen LogP contribution in [0.4, 0.5) is 8.78 Å². The van der Waals surface area contributed by atoms with Crippen molar-refractivity contribution in [2.45, 2.75) is 25.9 Å². The molecule has 25 heavy (non-hydrogen) atoms. The lowest BCUT2D eigenvalue weighted by Gasteiger charge is -2.34. The summed E-state index contributed by atoms with van der Waals surface area (Å²) in [7, 11) is 0. The number of halogens is 2. The summed E-state index contributed by atoms with van der Waals surface area (Å²) in [5.41, 5.74) is 1.22. The maximum atomic E-state index is 14.1. The van der Waals surface area contributed by atoms with E-state index in [4.69, 9.17) is 0 Å². The van der Waals surface area contributed by atoms with Gasteiger partial charge in [-0.1, -0.05) is 24.3 Å². The van der Waals surface area contributed by atoms with Gasteiger partial charge in [0.15, 0.2) is 0 Å². The summed E-state index contributed by atoms with van der Waals surface area (Å²) < 4.78 is 27.1. The van der Waals surface area contributed by atoms with E-state index in [-0.39, 0.29) is 23.2 Å². The van der Waals surface area contributed by atoms with Crippen molar-refractivity contribution in [3.63, 3.8) is 0 Å². The second-order valence-electron chi connectivity index (χ2n) is 6.56. The molecule has 0 aromatic heterocycles. The Labute approximate surface area is 145 Å². The highest BCUT2D eigenvalue weighted by molar-refractivity contribution is 5.94. The number of hydrogen-bond donors (Lipinski definition) is 1. The van der Waals surface area contributed by atoms with Crippen molar-refractivity contribution >= 4 is 5.91 Å². The number of likely N-dealkylation sites (tertiary alicyclic amines) is 1. The standard InChI is InChI=1S/C20H21F2NO2/c1-13-3-2-4-17(18(13)22)20(25)23-11-9-15(10-12-23)19(24)14-5-7-16(21)8-6-14/h2-8,15,19,24H,9-12H2,1H3. The van der Waals surface area contributed by atoms with Crippen molar-refractivity contribution < 1.29 is 18.7 Å². The topological polar surface area (TPSA) is 40.5 Å². The fraction of sp³-hybridized carbons (Fsp3) is 0.350. The molecule has 132 valence electrons. The van der Waals surface area contributed by atoms with Gasteiger partial charge in [0.2, 0.25) is 0 Å². The van der Waals surface area contributed by atoms with E-state index >= 15 is 0 Å². The van der Waals surface area contributed by atoms with Crippen molar-refractivity contribution in [3.8, 4) is 0 Å². The number of aliphatic hydroxyl groups is 1. The van der Waals surface area contributed by atoms with Crippen LogP contribution >= 0.6 is 0 Å². The summed E-state index contributed by atoms with van der Waals surface area (Å²) >= 11 is 0. The van der Waals surface area contributed by atoms with Gasteiger partial charge in [-0.2, -0.15) is 0 Å². The van der Waals surface area contributed by atoms with Gasteiger partial charge in [-0.15, -0.1) is 0 Å². The second kappa shape index (κ2) is 7.31. The smallest absolute Gasteiger partial charge is 0.256 e. The molecular weight excluding hydrogens is 324 g/mol. The third kappa shape index (κ3) is 3.71. The predicted molar refractivity (Wildman–Crippen MR) is 91.1 cm³/mol. The van der Waals surface area contributed by atoms with Gasteiger partial charge in [-0.05, 0) is 55.0 Å². The van der Waals surface area contributed by atoms with Gasteiger partial charge in [0.25, 0.3) is 5.91 Å². The quantitative estimate of drug-likeness (QED) is 0.918. The molecule has 0 saturated carbocycles. The van der Waals surface area contributed by atoms with Crippen molar-refractivity contribution in [1.29, 1.82) is 0 Å². The van der Waals surface area contributed by atoms with Crippen LogP contribution in [0.1, 0.15) is 40.4 Å². The number of aliphatic hydroxyl groups excluding tert-OH is 1. The number of nitrogens with zero attached hydrogens (tertiary/aromatic N) is 1. The molecule has 1 atom stereocenters. The van der Waals surface area contributed by atoms with Gasteiger partial charge in [0, 0.05) is 13.1 Å². The summed E-state index contributed by atoms with van der Waals surface area (Å²) in [5, 5.41) is 10.5. The Kier molecular flexibility index (Phi) is 5.13. The summed E-state index contributed by atoms with van der Waals surface area (Å²) in [5.74, 6) is -1.12. The summed E-state index contributed by atoms with van der Waals surface area (Å²) in [6.45, 7) is 2.57. The van der Waals surface area contributed by atoms with Crippen molar-refractivity contribution in [2.24, 2.45) is 5.92 Å². The Hall–Kier alpha value is -2.27. The van der Waals surface area contributed by atoms with Crippen molar-refractivity contribution in [1.82, 2.24) is 4.90 Å². The molecule has 3 nitrogen and oxygen atoms in total. The van der Waals surface area contributed by atoms with Crippen LogP contribution in [0.5, 0.6) is 0 Å². The van der Waals surface area contributed by atoms with Gasteiger partial charge in [0.05, 0.1) is 11.7 Å². The molecule has 1 aliphatic rings. The number of aryl methyl sites for hydroxylation is 1. The number of carbonyl (C=O) groups is 1. The molecule has 0 spiro atoms. The highest BCUT2D eigenvalue weighted by Gasteiger charge is 2.29. The number of amides is 1. The number of carbonyl (C=O) groups excluding carboxylic acids is 1. The van der Waals surface area contributed by atoms with Crippen LogP contribution in [0, 0.1) is 24.5 Å². The van der Waals surface area contributed by atoms with Crippen LogP contribution in [0.2, 0.25) is 0 Å². The molecule has 2 aromatic carbocycles. The average molecular weight is 345 g/mol. The highest BCUT2D eigenvalue weighted by Crippen LogP contribution is 2.31. The largest absolute Gasteiger partial charge is 0.388 e. The third-order valence-corrected chi connectivity index (χ3v) is 4.91. The second-order valence-corrected chi connectivity index (χ2v) is 6.56.